The number of likely N-dealkylation sites (tertiary alicyclic amines) is 1. The van der Waals surface area contributed by atoms with Crippen LogP contribution in [0.15, 0.2) is 42.5 Å². The number of piperidine rings is 1. The van der Waals surface area contributed by atoms with E-state index in [0.717, 1.165) is 32.4 Å². The van der Waals surface area contributed by atoms with E-state index in [9.17, 15) is 14.4 Å². The third-order valence-electron chi connectivity index (χ3n) is 5.51. The fourth-order valence-corrected chi connectivity index (χ4v) is 3.86. The molecule has 2 aromatic rings. The lowest BCUT2D eigenvalue weighted by atomic mass is 10.1. The number of hydrogen-bond acceptors (Lipinski definition) is 5. The van der Waals surface area contributed by atoms with Gasteiger partial charge in [-0.15, -0.1) is 0 Å². The van der Waals surface area contributed by atoms with E-state index in [-0.39, 0.29) is 30.9 Å². The van der Waals surface area contributed by atoms with Crippen molar-refractivity contribution in [1.29, 1.82) is 0 Å². The van der Waals surface area contributed by atoms with Crippen LogP contribution in [0.3, 0.4) is 0 Å². The summed E-state index contributed by atoms with van der Waals surface area (Å²) in [6.45, 7) is 1.28. The highest BCUT2D eigenvalue weighted by Gasteiger charge is 2.30. The molecule has 2 heterocycles. The van der Waals surface area contributed by atoms with Gasteiger partial charge in [-0.2, -0.15) is 0 Å². The Hall–Kier alpha value is -3.55. The summed E-state index contributed by atoms with van der Waals surface area (Å²) in [6.07, 6.45) is 3.09. The highest BCUT2D eigenvalue weighted by atomic mass is 16.5. The van der Waals surface area contributed by atoms with Crippen LogP contribution in [0.5, 0.6) is 11.5 Å². The zero-order valence-corrected chi connectivity index (χ0v) is 17.4. The predicted octanol–water partition coefficient (Wildman–Crippen LogP) is 2.69. The van der Waals surface area contributed by atoms with Crippen LogP contribution in [0.2, 0.25) is 0 Å². The van der Waals surface area contributed by atoms with Gasteiger partial charge in [0, 0.05) is 18.8 Å². The van der Waals surface area contributed by atoms with Gasteiger partial charge in [-0.25, -0.2) is 0 Å². The van der Waals surface area contributed by atoms with Gasteiger partial charge >= 0.3 is 0 Å². The van der Waals surface area contributed by atoms with Gasteiger partial charge in [0.1, 0.15) is 18.0 Å². The van der Waals surface area contributed by atoms with E-state index >= 15 is 0 Å². The van der Waals surface area contributed by atoms with Crippen molar-refractivity contribution in [3.8, 4) is 11.5 Å². The maximum Gasteiger partial charge on any atom is 0.265 e. The molecule has 0 bridgehead atoms. The molecule has 0 unspecified atom stereocenters. The highest BCUT2D eigenvalue weighted by Crippen LogP contribution is 2.35. The molecule has 0 radical (unpaired) electrons. The Morgan fingerprint density at radius 2 is 1.87 bits per heavy atom. The largest absolute Gasteiger partial charge is 0.496 e. The molecule has 1 fully saturated rings. The zero-order valence-electron chi connectivity index (χ0n) is 17.4. The first-order valence-corrected chi connectivity index (χ1v) is 10.4. The number of anilines is 2. The standard InChI is InChI=1S/C23H25N3O5/c1-30-19-8-4-3-7-17(19)23(29)24-16-9-10-20-18(13-16)26(22(28)15-31-20)14-21(27)25-11-5-2-6-12-25/h3-4,7-10,13H,2,5-6,11-12,14-15H2,1H3,(H,24,29). The molecule has 0 aliphatic carbocycles. The maximum absolute atomic E-state index is 12.7. The molecule has 1 saturated heterocycles. The molecule has 3 amide bonds. The predicted molar refractivity (Wildman–Crippen MR) is 116 cm³/mol. The summed E-state index contributed by atoms with van der Waals surface area (Å²) in [6, 6.07) is 12.0. The third-order valence-corrected chi connectivity index (χ3v) is 5.51. The van der Waals surface area contributed by atoms with Crippen LogP contribution in [0.1, 0.15) is 29.6 Å². The Labute approximate surface area is 180 Å². The normalized spacial score (nSPS) is 15.7. The number of carbonyl (C=O) groups is 3. The van der Waals surface area contributed by atoms with Gasteiger partial charge < -0.3 is 19.7 Å². The van der Waals surface area contributed by atoms with Crippen molar-refractivity contribution in [2.45, 2.75) is 19.3 Å². The SMILES string of the molecule is COc1ccccc1C(=O)Nc1ccc2c(c1)N(CC(=O)N1CCCCC1)C(=O)CO2. The number of fused-ring (bicyclic) bond motifs is 1. The average molecular weight is 423 g/mol. The van der Waals surface area contributed by atoms with Crippen molar-refractivity contribution in [2.24, 2.45) is 0 Å². The number of ether oxygens (including phenoxy) is 2. The molecule has 0 saturated carbocycles. The summed E-state index contributed by atoms with van der Waals surface area (Å²) in [5, 5.41) is 2.83. The fourth-order valence-electron chi connectivity index (χ4n) is 3.86. The Morgan fingerprint density at radius 3 is 2.65 bits per heavy atom. The monoisotopic (exact) mass is 423 g/mol. The second-order valence-electron chi connectivity index (χ2n) is 7.55. The number of carbonyl (C=O) groups excluding carboxylic acids is 3. The van der Waals surface area contributed by atoms with Crippen molar-refractivity contribution in [3.05, 3.63) is 48.0 Å². The van der Waals surface area contributed by atoms with Gasteiger partial charge in [0.05, 0.1) is 18.4 Å². The summed E-state index contributed by atoms with van der Waals surface area (Å²) in [5.74, 6) is 0.262. The molecule has 0 spiro atoms. The van der Waals surface area contributed by atoms with Gasteiger partial charge in [-0.1, -0.05) is 12.1 Å². The number of rotatable bonds is 5. The molecule has 2 aliphatic heterocycles. The van der Waals surface area contributed by atoms with Gasteiger partial charge in [-0.05, 0) is 49.6 Å². The maximum atomic E-state index is 12.7. The Morgan fingerprint density at radius 1 is 1.10 bits per heavy atom. The van der Waals surface area contributed by atoms with Crippen molar-refractivity contribution < 1.29 is 23.9 Å². The molecule has 0 atom stereocenters. The number of hydrogen-bond donors (Lipinski definition) is 1. The minimum atomic E-state index is -0.337. The minimum absolute atomic E-state index is 0.0426. The first kappa shape index (κ1) is 20.7. The molecule has 162 valence electrons. The van der Waals surface area contributed by atoms with E-state index < -0.39 is 0 Å². The lowest BCUT2D eigenvalue weighted by Gasteiger charge is -2.33. The number of amides is 3. The summed E-state index contributed by atoms with van der Waals surface area (Å²) in [5.41, 5.74) is 1.36. The molecular formula is C23H25N3O5. The van der Waals surface area contributed by atoms with Gasteiger partial charge in [0.25, 0.3) is 11.8 Å². The number of nitrogens with zero attached hydrogens (tertiary/aromatic N) is 2. The lowest BCUT2D eigenvalue weighted by molar-refractivity contribution is -0.132. The summed E-state index contributed by atoms with van der Waals surface area (Å²) in [7, 11) is 1.51. The van der Waals surface area contributed by atoms with E-state index in [0.29, 0.717) is 28.4 Å². The number of nitrogens with one attached hydrogen (secondary N) is 1. The van der Waals surface area contributed by atoms with Crippen LogP contribution in [-0.2, 0) is 9.59 Å². The van der Waals surface area contributed by atoms with Crippen LogP contribution in [0.25, 0.3) is 0 Å². The van der Waals surface area contributed by atoms with Crippen LogP contribution in [-0.4, -0.2) is 56.0 Å². The minimum Gasteiger partial charge on any atom is -0.496 e. The molecule has 2 aliphatic rings. The van der Waals surface area contributed by atoms with E-state index in [4.69, 9.17) is 9.47 Å². The van der Waals surface area contributed by atoms with E-state index in [1.807, 2.05) is 0 Å². The molecular weight excluding hydrogens is 398 g/mol. The van der Waals surface area contributed by atoms with Crippen LogP contribution >= 0.6 is 0 Å². The summed E-state index contributed by atoms with van der Waals surface area (Å²) < 4.78 is 10.8. The van der Waals surface area contributed by atoms with E-state index in [1.165, 1.54) is 12.0 Å². The molecule has 8 heteroatoms. The molecule has 1 N–H and O–H groups in total. The number of methoxy groups -OCH3 is 1. The average Bonchev–Trinajstić information content (AvgIpc) is 2.81. The topological polar surface area (TPSA) is 88.2 Å². The van der Waals surface area contributed by atoms with Gasteiger partial charge in [-0.3, -0.25) is 19.3 Å². The first-order chi connectivity index (χ1) is 15.1. The highest BCUT2D eigenvalue weighted by molar-refractivity contribution is 6.07. The molecule has 31 heavy (non-hydrogen) atoms. The van der Waals surface area contributed by atoms with Crippen LogP contribution in [0, 0.1) is 0 Å². The van der Waals surface area contributed by atoms with Crippen LogP contribution in [0.4, 0.5) is 11.4 Å². The van der Waals surface area contributed by atoms with Crippen molar-refractivity contribution in [3.63, 3.8) is 0 Å². The van der Waals surface area contributed by atoms with Gasteiger partial charge in [0.15, 0.2) is 6.61 Å². The Kier molecular flexibility index (Phi) is 6.06. The van der Waals surface area contributed by atoms with E-state index in [1.54, 1.807) is 47.4 Å². The smallest absolute Gasteiger partial charge is 0.265 e. The molecule has 0 aromatic heterocycles. The quantitative estimate of drug-likeness (QED) is 0.799. The second-order valence-corrected chi connectivity index (χ2v) is 7.55. The first-order valence-electron chi connectivity index (χ1n) is 10.4. The summed E-state index contributed by atoms with van der Waals surface area (Å²) >= 11 is 0. The molecule has 8 nitrogen and oxygen atoms in total. The Bertz CT molecular complexity index is 1000. The molecule has 4 rings (SSSR count). The van der Waals surface area contributed by atoms with Gasteiger partial charge in [0.2, 0.25) is 5.91 Å². The third kappa shape index (κ3) is 4.47. The van der Waals surface area contributed by atoms with Crippen molar-refractivity contribution in [2.75, 3.05) is 43.6 Å². The zero-order chi connectivity index (χ0) is 21.8. The van der Waals surface area contributed by atoms with Crippen LogP contribution < -0.4 is 19.7 Å². The lowest BCUT2D eigenvalue weighted by Crippen LogP contribution is -2.47. The van der Waals surface area contributed by atoms with E-state index in [2.05, 4.69) is 5.32 Å². The number of benzene rings is 2. The van der Waals surface area contributed by atoms with Crippen molar-refractivity contribution in [1.82, 2.24) is 4.90 Å². The second kappa shape index (κ2) is 9.07. The fraction of sp³-hybridized carbons (Fsp3) is 0.348. The summed E-state index contributed by atoms with van der Waals surface area (Å²) in [4.78, 5) is 41.3. The Balaban J connectivity index is 1.55. The van der Waals surface area contributed by atoms with Crippen molar-refractivity contribution >= 4 is 29.1 Å². The molecule has 2 aromatic carbocycles. The number of para-hydroxylation sites is 1.